The summed E-state index contributed by atoms with van der Waals surface area (Å²) in [7, 11) is 0. The molecular weight excluding hydrogens is 402 g/mol. The number of carbonyl (C=O) groups excluding carboxylic acids is 1. The largest absolute Gasteiger partial charge is 0.394 e. The minimum absolute atomic E-state index is 0.202. The van der Waals surface area contributed by atoms with Gasteiger partial charge in [0.05, 0.1) is 18.8 Å². The molecule has 0 aliphatic carbocycles. The molecule has 0 spiro atoms. The lowest BCUT2D eigenvalue weighted by molar-refractivity contribution is -0.124. The van der Waals surface area contributed by atoms with Crippen LogP contribution >= 0.6 is 0 Å². The molecule has 0 bridgehead atoms. The molecule has 1 amide bonds. The topological polar surface area (TPSA) is 89.8 Å². The van der Waals surface area contributed by atoms with Gasteiger partial charge in [-0.1, -0.05) is 69.6 Å². The molecule has 186 valence electrons. The first-order valence-corrected chi connectivity index (χ1v) is 12.8. The predicted octanol–water partition coefficient (Wildman–Crippen LogP) is 5.36. The summed E-state index contributed by atoms with van der Waals surface area (Å²) >= 11 is 0. The third kappa shape index (κ3) is 18.2. The number of aliphatic hydroxyl groups excluding tert-OH is 3. The molecule has 0 heterocycles. The lowest BCUT2D eigenvalue weighted by Crippen LogP contribution is -2.50. The van der Waals surface area contributed by atoms with Crippen molar-refractivity contribution in [1.29, 1.82) is 0 Å². The fourth-order valence-corrected chi connectivity index (χ4v) is 3.42. The van der Waals surface area contributed by atoms with Gasteiger partial charge in [-0.25, -0.2) is 0 Å². The average Bonchev–Trinajstić information content (AvgIpc) is 2.79. The maximum Gasteiger partial charge on any atom is 0.220 e. The summed E-state index contributed by atoms with van der Waals surface area (Å²) in [6.45, 7) is 3.93. The molecule has 0 aromatic carbocycles. The number of rotatable bonds is 21. The lowest BCUT2D eigenvalue weighted by atomic mass is 10.0. The van der Waals surface area contributed by atoms with Crippen LogP contribution in [0.2, 0.25) is 0 Å². The van der Waals surface area contributed by atoms with Gasteiger partial charge < -0.3 is 20.6 Å². The summed E-state index contributed by atoms with van der Waals surface area (Å²) in [5.41, 5.74) is 0. The quantitative estimate of drug-likeness (QED) is 0.140. The van der Waals surface area contributed by atoms with Crippen LogP contribution in [0.5, 0.6) is 0 Å². The summed E-state index contributed by atoms with van der Waals surface area (Å²) in [5.74, 6) is -0.202. The second-order valence-electron chi connectivity index (χ2n) is 8.49. The van der Waals surface area contributed by atoms with Gasteiger partial charge in [0.15, 0.2) is 0 Å². The zero-order chi connectivity index (χ0) is 23.9. The van der Waals surface area contributed by atoms with Crippen molar-refractivity contribution in [3.63, 3.8) is 0 Å². The highest BCUT2D eigenvalue weighted by atomic mass is 16.3. The minimum atomic E-state index is -1.17. The van der Waals surface area contributed by atoms with Crippen LogP contribution in [0.15, 0.2) is 36.5 Å². The third-order valence-corrected chi connectivity index (χ3v) is 5.45. The van der Waals surface area contributed by atoms with Crippen molar-refractivity contribution in [1.82, 2.24) is 5.32 Å². The van der Waals surface area contributed by atoms with E-state index in [-0.39, 0.29) is 5.91 Å². The van der Waals surface area contributed by atoms with Gasteiger partial charge in [-0.3, -0.25) is 4.79 Å². The Morgan fingerprint density at radius 1 is 0.781 bits per heavy atom. The lowest BCUT2D eigenvalue weighted by Gasteiger charge is -2.26. The zero-order valence-corrected chi connectivity index (χ0v) is 20.6. The first-order valence-electron chi connectivity index (χ1n) is 12.8. The highest BCUT2D eigenvalue weighted by Gasteiger charge is 2.26. The molecule has 0 saturated carbocycles. The molecule has 0 fully saturated rings. The predicted molar refractivity (Wildman–Crippen MR) is 134 cm³/mol. The summed E-state index contributed by atoms with van der Waals surface area (Å²) < 4.78 is 0. The molecule has 0 radical (unpaired) electrons. The summed E-state index contributed by atoms with van der Waals surface area (Å²) in [6.07, 6.45) is 23.9. The van der Waals surface area contributed by atoms with E-state index in [4.69, 9.17) is 0 Å². The molecule has 0 saturated heterocycles. The van der Waals surface area contributed by atoms with Crippen LogP contribution in [0.4, 0.5) is 0 Å². The first-order chi connectivity index (χ1) is 15.6. The Morgan fingerprint density at radius 2 is 1.38 bits per heavy atom. The molecule has 0 aromatic rings. The highest BCUT2D eigenvalue weighted by molar-refractivity contribution is 5.76. The fraction of sp³-hybridized carbons (Fsp3) is 0.741. The van der Waals surface area contributed by atoms with Gasteiger partial charge in [0.2, 0.25) is 5.91 Å². The number of hydrogen-bond donors (Lipinski definition) is 4. The molecule has 5 nitrogen and oxygen atoms in total. The van der Waals surface area contributed by atoms with E-state index in [1.54, 1.807) is 0 Å². The molecule has 5 heteroatoms. The van der Waals surface area contributed by atoms with E-state index >= 15 is 0 Å². The van der Waals surface area contributed by atoms with Crippen molar-refractivity contribution in [2.75, 3.05) is 6.61 Å². The summed E-state index contributed by atoms with van der Waals surface area (Å²) in [6, 6.07) is -0.840. The SMILES string of the molecule is CC/C=C/CC/C=C/CCCC(O)C(O)C(CO)NC(=O)CCC/C=C\CCCCCC. The second-order valence-corrected chi connectivity index (χ2v) is 8.49. The Kier molecular flexibility index (Phi) is 21.7. The Morgan fingerprint density at radius 3 is 2.00 bits per heavy atom. The molecule has 0 aromatic heterocycles. The number of aliphatic hydroxyl groups is 3. The van der Waals surface area contributed by atoms with E-state index in [0.717, 1.165) is 51.4 Å². The zero-order valence-electron chi connectivity index (χ0n) is 20.6. The average molecular weight is 452 g/mol. The van der Waals surface area contributed by atoms with Crippen molar-refractivity contribution >= 4 is 5.91 Å². The van der Waals surface area contributed by atoms with Gasteiger partial charge in [0, 0.05) is 6.42 Å². The molecule has 0 aliphatic heterocycles. The van der Waals surface area contributed by atoms with Crippen molar-refractivity contribution in [3.8, 4) is 0 Å². The molecule has 4 N–H and O–H groups in total. The Hall–Kier alpha value is -1.43. The number of hydrogen-bond acceptors (Lipinski definition) is 4. The summed E-state index contributed by atoms with van der Waals surface area (Å²) in [4.78, 5) is 12.1. The Balaban J connectivity index is 3.99. The maximum atomic E-state index is 12.1. The fourth-order valence-electron chi connectivity index (χ4n) is 3.42. The van der Waals surface area contributed by atoms with Crippen LogP contribution in [0.3, 0.4) is 0 Å². The van der Waals surface area contributed by atoms with E-state index in [9.17, 15) is 20.1 Å². The van der Waals surface area contributed by atoms with Crippen LogP contribution in [0, 0.1) is 0 Å². The van der Waals surface area contributed by atoms with Gasteiger partial charge in [-0.05, 0) is 64.2 Å². The Labute approximate surface area is 196 Å². The van der Waals surface area contributed by atoms with Crippen molar-refractivity contribution in [2.45, 2.75) is 122 Å². The normalized spacial score (nSPS) is 15.0. The number of carbonyl (C=O) groups is 1. The van der Waals surface area contributed by atoms with Crippen molar-refractivity contribution in [3.05, 3.63) is 36.5 Å². The van der Waals surface area contributed by atoms with E-state index in [2.05, 4.69) is 55.6 Å². The van der Waals surface area contributed by atoms with Gasteiger partial charge in [-0.2, -0.15) is 0 Å². The molecule has 0 rings (SSSR count). The van der Waals surface area contributed by atoms with E-state index in [1.165, 1.54) is 25.7 Å². The van der Waals surface area contributed by atoms with Crippen molar-refractivity contribution < 1.29 is 20.1 Å². The number of nitrogens with one attached hydrogen (secondary N) is 1. The molecule has 32 heavy (non-hydrogen) atoms. The molecule has 3 unspecified atom stereocenters. The number of unbranched alkanes of at least 4 members (excludes halogenated alkanes) is 7. The van der Waals surface area contributed by atoms with Gasteiger partial charge in [0.1, 0.15) is 6.10 Å². The van der Waals surface area contributed by atoms with Crippen molar-refractivity contribution in [2.24, 2.45) is 0 Å². The van der Waals surface area contributed by atoms with Gasteiger partial charge in [0.25, 0.3) is 0 Å². The monoisotopic (exact) mass is 451 g/mol. The molecule has 3 atom stereocenters. The van der Waals surface area contributed by atoms with E-state index in [0.29, 0.717) is 12.8 Å². The first kappa shape index (κ1) is 30.6. The van der Waals surface area contributed by atoms with Crippen LogP contribution < -0.4 is 5.32 Å². The van der Waals surface area contributed by atoms with Crippen LogP contribution in [-0.2, 0) is 4.79 Å². The van der Waals surface area contributed by atoms with Gasteiger partial charge >= 0.3 is 0 Å². The smallest absolute Gasteiger partial charge is 0.220 e. The highest BCUT2D eigenvalue weighted by Crippen LogP contribution is 2.10. The number of amides is 1. The van der Waals surface area contributed by atoms with Crippen LogP contribution in [-0.4, -0.2) is 46.1 Å². The van der Waals surface area contributed by atoms with Crippen LogP contribution in [0.25, 0.3) is 0 Å². The molecular formula is C27H49NO4. The second kappa shape index (κ2) is 22.8. The van der Waals surface area contributed by atoms with E-state index < -0.39 is 24.9 Å². The Bertz CT molecular complexity index is 516. The maximum absolute atomic E-state index is 12.1. The van der Waals surface area contributed by atoms with Crippen LogP contribution in [0.1, 0.15) is 104 Å². The van der Waals surface area contributed by atoms with Gasteiger partial charge in [-0.15, -0.1) is 0 Å². The number of allylic oxidation sites excluding steroid dienone is 6. The summed E-state index contributed by atoms with van der Waals surface area (Å²) in [5, 5.41) is 32.8. The third-order valence-electron chi connectivity index (χ3n) is 5.45. The molecule has 0 aliphatic rings. The minimum Gasteiger partial charge on any atom is -0.394 e. The van der Waals surface area contributed by atoms with E-state index in [1.807, 2.05) is 0 Å². The standard InChI is InChI=1S/C27H49NO4/c1-3-5-7-9-11-13-15-17-19-21-25(30)27(32)24(23-29)28-26(31)22-20-18-16-14-12-10-8-6-4-2/h5,7,13-16,24-25,27,29-30,32H,3-4,6,8-12,17-23H2,1-2H3,(H,28,31)/b7-5+,15-13+,16-14-.